The van der Waals surface area contributed by atoms with Crippen molar-refractivity contribution in [1.82, 2.24) is 0 Å². The molecule has 0 amide bonds. The largest absolute Gasteiger partial charge is 0.387 e. The van der Waals surface area contributed by atoms with Gasteiger partial charge in [-0.05, 0) is 12.8 Å². The first-order valence-electron chi connectivity index (χ1n) is 15.0. The van der Waals surface area contributed by atoms with E-state index in [1.807, 2.05) is 0 Å². The summed E-state index contributed by atoms with van der Waals surface area (Å²) in [4.78, 5) is 0. The third-order valence-electron chi connectivity index (χ3n) is 7.81. The van der Waals surface area contributed by atoms with Crippen LogP contribution >= 0.6 is 0 Å². The molecule has 0 aromatic carbocycles. The predicted molar refractivity (Wildman–Crippen MR) is 140 cm³/mol. The molecule has 0 bridgehead atoms. The van der Waals surface area contributed by atoms with Crippen LogP contribution in [0.25, 0.3) is 0 Å². The van der Waals surface area contributed by atoms with E-state index in [4.69, 9.17) is 0 Å². The van der Waals surface area contributed by atoms with Crippen molar-refractivity contribution >= 4 is 0 Å². The molecule has 1 fully saturated rings. The highest BCUT2D eigenvalue weighted by molar-refractivity contribution is 4.88. The number of aliphatic hydroxyl groups is 5. The summed E-state index contributed by atoms with van der Waals surface area (Å²) in [6, 6.07) is 0. The lowest BCUT2D eigenvalue weighted by molar-refractivity contribution is -0.386. The summed E-state index contributed by atoms with van der Waals surface area (Å²) in [5.74, 6) is -5.58. The van der Waals surface area contributed by atoms with Crippen molar-refractivity contribution < 1.29 is 25.5 Å². The van der Waals surface area contributed by atoms with Gasteiger partial charge in [0.25, 0.3) is 0 Å². The van der Waals surface area contributed by atoms with Gasteiger partial charge in [-0.1, -0.05) is 148 Å². The number of aliphatic hydroxyl groups excluding tert-OH is 1. The maximum atomic E-state index is 10.2. The summed E-state index contributed by atoms with van der Waals surface area (Å²) < 4.78 is 0. The van der Waals surface area contributed by atoms with Crippen LogP contribution in [-0.4, -0.2) is 43.2 Å². The van der Waals surface area contributed by atoms with E-state index in [0.717, 1.165) is 32.1 Å². The lowest BCUT2D eigenvalue weighted by atomic mass is 9.91. The minimum absolute atomic E-state index is 0.142. The number of hydrogen-bond donors (Lipinski definition) is 5. The maximum absolute atomic E-state index is 10.2. The first kappa shape index (κ1) is 31.8. The Kier molecular flexibility index (Phi) is 18.7. The van der Waals surface area contributed by atoms with E-state index in [2.05, 4.69) is 0 Å². The molecule has 34 heavy (non-hydrogen) atoms. The van der Waals surface area contributed by atoms with Crippen LogP contribution in [0.4, 0.5) is 0 Å². The van der Waals surface area contributed by atoms with Gasteiger partial charge in [-0.2, -0.15) is 0 Å². The Morgan fingerprint density at radius 2 is 0.588 bits per heavy atom. The number of rotatable bonds is 0. The first-order chi connectivity index (χ1) is 16.4. The third kappa shape index (κ3) is 15.0. The molecule has 1 aliphatic carbocycles. The van der Waals surface area contributed by atoms with Gasteiger partial charge in [0, 0.05) is 6.42 Å². The second-order valence-corrected chi connectivity index (χ2v) is 11.1. The van der Waals surface area contributed by atoms with Gasteiger partial charge in [-0.15, -0.1) is 0 Å². The van der Waals surface area contributed by atoms with Gasteiger partial charge in [-0.3, -0.25) is 0 Å². The van der Waals surface area contributed by atoms with Crippen molar-refractivity contribution in [2.24, 2.45) is 0 Å². The van der Waals surface area contributed by atoms with Crippen molar-refractivity contribution in [2.75, 3.05) is 0 Å². The SMILES string of the molecule is OC1CCCCCCCCCCCCCCCCCCCCCCCCCCC(O)(O)C1(O)O. The van der Waals surface area contributed by atoms with Crippen LogP contribution in [0.5, 0.6) is 0 Å². The molecule has 0 aromatic rings. The average Bonchev–Trinajstić information content (AvgIpc) is 2.80. The van der Waals surface area contributed by atoms with E-state index in [1.165, 1.54) is 109 Å². The Labute approximate surface area is 210 Å². The molecule has 5 heteroatoms. The van der Waals surface area contributed by atoms with E-state index in [-0.39, 0.29) is 12.8 Å². The van der Waals surface area contributed by atoms with Gasteiger partial charge in [0.2, 0.25) is 11.6 Å². The highest BCUT2D eigenvalue weighted by Gasteiger charge is 2.51. The molecule has 0 aliphatic heterocycles. The zero-order chi connectivity index (χ0) is 25.0. The quantitative estimate of drug-likeness (QED) is 0.241. The molecule has 0 radical (unpaired) electrons. The van der Waals surface area contributed by atoms with Gasteiger partial charge < -0.3 is 25.5 Å². The molecular formula is C29H58O5. The Hall–Kier alpha value is -0.200. The van der Waals surface area contributed by atoms with Gasteiger partial charge in [0.1, 0.15) is 6.10 Å². The first-order valence-corrected chi connectivity index (χ1v) is 15.0. The lowest BCUT2D eigenvalue weighted by Crippen LogP contribution is -2.61. The van der Waals surface area contributed by atoms with Crippen LogP contribution in [-0.2, 0) is 0 Å². The van der Waals surface area contributed by atoms with Crippen LogP contribution in [0, 0.1) is 0 Å². The fourth-order valence-electron chi connectivity index (χ4n) is 5.25. The van der Waals surface area contributed by atoms with Crippen LogP contribution in [0.1, 0.15) is 167 Å². The second-order valence-electron chi connectivity index (χ2n) is 11.1. The molecule has 5 N–H and O–H groups in total. The van der Waals surface area contributed by atoms with E-state index >= 15 is 0 Å². The summed E-state index contributed by atoms with van der Waals surface area (Å²) in [5, 5.41) is 51.2. The Morgan fingerprint density at radius 1 is 0.353 bits per heavy atom. The summed E-state index contributed by atoms with van der Waals surface area (Å²) in [5.41, 5.74) is 0. The smallest absolute Gasteiger partial charge is 0.245 e. The van der Waals surface area contributed by atoms with Crippen LogP contribution in [0.3, 0.4) is 0 Å². The molecule has 5 nitrogen and oxygen atoms in total. The summed E-state index contributed by atoms with van der Waals surface area (Å²) >= 11 is 0. The van der Waals surface area contributed by atoms with E-state index in [0.29, 0.717) is 12.8 Å². The Morgan fingerprint density at radius 3 is 0.882 bits per heavy atom. The molecule has 0 spiro atoms. The monoisotopic (exact) mass is 486 g/mol. The van der Waals surface area contributed by atoms with E-state index in [9.17, 15) is 25.5 Å². The average molecular weight is 487 g/mol. The van der Waals surface area contributed by atoms with Crippen LogP contribution < -0.4 is 0 Å². The fraction of sp³-hybridized carbons (Fsp3) is 1.00. The van der Waals surface area contributed by atoms with Crippen molar-refractivity contribution in [3.05, 3.63) is 0 Å². The Balaban J connectivity index is 2.34. The highest BCUT2D eigenvalue weighted by Crippen LogP contribution is 2.29. The minimum atomic E-state index is -2.89. The minimum Gasteiger partial charge on any atom is -0.387 e. The zero-order valence-electron chi connectivity index (χ0n) is 22.2. The van der Waals surface area contributed by atoms with E-state index < -0.39 is 17.7 Å². The normalized spacial score (nSPS) is 27.6. The highest BCUT2D eigenvalue weighted by atomic mass is 16.6. The summed E-state index contributed by atoms with van der Waals surface area (Å²) in [6.45, 7) is 0. The third-order valence-corrected chi connectivity index (χ3v) is 7.81. The van der Waals surface area contributed by atoms with Crippen molar-refractivity contribution in [2.45, 2.75) is 185 Å². The van der Waals surface area contributed by atoms with Crippen molar-refractivity contribution in [3.8, 4) is 0 Å². The molecule has 204 valence electrons. The molecule has 1 saturated carbocycles. The van der Waals surface area contributed by atoms with Gasteiger partial charge in [-0.25, -0.2) is 0 Å². The molecule has 1 unspecified atom stereocenters. The maximum Gasteiger partial charge on any atom is 0.245 e. The number of hydrogen-bond acceptors (Lipinski definition) is 5. The predicted octanol–water partition coefficient (Wildman–Crippen LogP) is 6.87. The standard InChI is InChI=1S/C29H58O5/c30-27-25-23-21-19-17-15-13-11-9-7-5-3-1-2-4-6-8-10-12-14-16-18-20-22-24-26-28(31,32)29(27,33)34/h27,30-34H,1-26H2. The van der Waals surface area contributed by atoms with E-state index in [1.54, 1.807) is 0 Å². The topological polar surface area (TPSA) is 101 Å². The molecule has 1 aliphatic rings. The molecule has 0 aromatic heterocycles. The summed E-state index contributed by atoms with van der Waals surface area (Å²) in [7, 11) is 0. The van der Waals surface area contributed by atoms with Crippen LogP contribution in [0.2, 0.25) is 0 Å². The Bertz CT molecular complexity index is 452. The van der Waals surface area contributed by atoms with Gasteiger partial charge in [0.05, 0.1) is 0 Å². The molecule has 1 atom stereocenters. The second kappa shape index (κ2) is 19.9. The summed E-state index contributed by atoms with van der Waals surface area (Å²) in [6.07, 6.45) is 27.2. The van der Waals surface area contributed by atoms with Gasteiger partial charge in [0.15, 0.2) is 0 Å². The fourth-order valence-corrected chi connectivity index (χ4v) is 5.25. The molecular weight excluding hydrogens is 428 g/mol. The van der Waals surface area contributed by atoms with Crippen LogP contribution in [0.15, 0.2) is 0 Å². The van der Waals surface area contributed by atoms with Gasteiger partial charge >= 0.3 is 0 Å². The molecule has 1 rings (SSSR count). The molecule has 0 saturated heterocycles. The van der Waals surface area contributed by atoms with Crippen molar-refractivity contribution in [3.63, 3.8) is 0 Å². The van der Waals surface area contributed by atoms with Crippen molar-refractivity contribution in [1.29, 1.82) is 0 Å². The molecule has 0 heterocycles. The lowest BCUT2D eigenvalue weighted by Gasteiger charge is -2.38. The zero-order valence-corrected chi connectivity index (χ0v) is 22.2.